The van der Waals surface area contributed by atoms with Crippen LogP contribution in [0.3, 0.4) is 0 Å². The van der Waals surface area contributed by atoms with Gasteiger partial charge in [-0.25, -0.2) is 0 Å². The molecule has 1 saturated heterocycles. The fourth-order valence-electron chi connectivity index (χ4n) is 5.11. The highest BCUT2D eigenvalue weighted by Gasteiger charge is 2.31. The Hall–Kier alpha value is -4.83. The summed E-state index contributed by atoms with van der Waals surface area (Å²) in [5, 5.41) is 30.9. The summed E-state index contributed by atoms with van der Waals surface area (Å²) >= 11 is 3.28. The molecular formula is C30H34BrN7O8. The number of nitro benzene ring substituents is 2. The summed E-state index contributed by atoms with van der Waals surface area (Å²) in [6.45, 7) is 2.23. The van der Waals surface area contributed by atoms with Crippen molar-refractivity contribution in [3.8, 4) is 34.0 Å². The Kier molecular flexibility index (Phi) is 11.8. The van der Waals surface area contributed by atoms with Gasteiger partial charge in [0.25, 0.3) is 11.4 Å². The third-order valence-electron chi connectivity index (χ3n) is 7.35. The topological polar surface area (TPSA) is 170 Å². The highest BCUT2D eigenvalue weighted by Crippen LogP contribution is 2.34. The number of likely N-dealkylation sites (tertiary alicyclic amines) is 1. The van der Waals surface area contributed by atoms with Gasteiger partial charge in [0.15, 0.2) is 0 Å². The minimum absolute atomic E-state index is 0.0103. The van der Waals surface area contributed by atoms with Crippen LogP contribution in [0.25, 0.3) is 22.5 Å². The van der Waals surface area contributed by atoms with Gasteiger partial charge in [0, 0.05) is 73.8 Å². The zero-order valence-corrected chi connectivity index (χ0v) is 27.2. The van der Waals surface area contributed by atoms with Gasteiger partial charge in [-0.2, -0.15) is 10.2 Å². The molecule has 2 aromatic heterocycles. The summed E-state index contributed by atoms with van der Waals surface area (Å²) in [5.41, 5.74) is 2.78. The zero-order valence-electron chi connectivity index (χ0n) is 25.6. The van der Waals surface area contributed by atoms with Crippen LogP contribution < -0.4 is 9.47 Å². The van der Waals surface area contributed by atoms with Crippen LogP contribution >= 0.6 is 15.9 Å². The molecule has 1 aliphatic rings. The molecule has 16 heteroatoms. The summed E-state index contributed by atoms with van der Waals surface area (Å²) in [7, 11) is 4.94. The number of aromatic nitrogens is 4. The zero-order chi connectivity index (χ0) is 33.2. The number of nitrogens with zero attached hydrogens (tertiary/aromatic N) is 7. The number of rotatable bonds is 12. The van der Waals surface area contributed by atoms with Crippen LogP contribution in [0.15, 0.2) is 60.9 Å². The molecule has 1 fully saturated rings. The number of alkyl halides is 1. The Balaban J connectivity index is 0.000000222. The van der Waals surface area contributed by atoms with Crippen LogP contribution in [0.5, 0.6) is 11.5 Å². The Bertz CT molecular complexity index is 1670. The van der Waals surface area contributed by atoms with Crippen molar-refractivity contribution < 1.29 is 28.9 Å². The monoisotopic (exact) mass is 699 g/mol. The van der Waals surface area contributed by atoms with Crippen LogP contribution in [0.2, 0.25) is 0 Å². The fraction of sp³-hybridized carbons (Fsp3) is 0.367. The maximum Gasteiger partial charge on any atom is 0.323 e. The van der Waals surface area contributed by atoms with E-state index in [-0.39, 0.29) is 23.4 Å². The second-order valence-corrected chi connectivity index (χ2v) is 11.0. The Morgan fingerprint density at radius 3 is 1.85 bits per heavy atom. The molecule has 0 N–H and O–H groups in total. The van der Waals surface area contributed by atoms with Crippen molar-refractivity contribution in [2.24, 2.45) is 14.1 Å². The van der Waals surface area contributed by atoms with Crippen LogP contribution in [0.4, 0.5) is 11.4 Å². The van der Waals surface area contributed by atoms with Crippen molar-refractivity contribution in [1.29, 1.82) is 0 Å². The maximum atomic E-state index is 11.8. The van der Waals surface area contributed by atoms with Crippen molar-refractivity contribution in [2.75, 3.05) is 38.7 Å². The largest absolute Gasteiger partial charge is 0.492 e. The first kappa shape index (κ1) is 34.1. The standard InChI is InChI=1S/C18H22N4O5.C12H12BrN3O3/c1-20-15(7-8-19-20)14-12-13(22(24)25)5-6-17(14)27-11-10-21-9-3-4-16(21)18(23)26-2;1-15-11(4-6-14-15)10-8-9(16(17)18)2-3-12(10)19-7-5-13/h5-8,12,16H,3-4,9-11H2,1-2H3;2-4,6,8H,5,7H2,1H3. The minimum atomic E-state index is -0.436. The van der Waals surface area contributed by atoms with E-state index >= 15 is 0 Å². The summed E-state index contributed by atoms with van der Waals surface area (Å²) < 4.78 is 19.6. The molecule has 4 aromatic rings. The first-order valence-electron chi connectivity index (χ1n) is 14.3. The van der Waals surface area contributed by atoms with E-state index < -0.39 is 9.85 Å². The van der Waals surface area contributed by atoms with Crippen LogP contribution in [-0.2, 0) is 23.6 Å². The highest BCUT2D eigenvalue weighted by molar-refractivity contribution is 9.09. The lowest BCUT2D eigenvalue weighted by Gasteiger charge is -2.22. The molecule has 1 atom stereocenters. The van der Waals surface area contributed by atoms with Gasteiger partial charge in [-0.3, -0.25) is 39.3 Å². The van der Waals surface area contributed by atoms with Gasteiger partial charge in [0.05, 0.1) is 35.0 Å². The van der Waals surface area contributed by atoms with Gasteiger partial charge in [0.1, 0.15) is 24.1 Å². The third kappa shape index (κ3) is 8.25. The molecular weight excluding hydrogens is 666 g/mol. The van der Waals surface area contributed by atoms with Crippen molar-refractivity contribution in [2.45, 2.75) is 18.9 Å². The molecule has 0 spiro atoms. The van der Waals surface area contributed by atoms with Crippen LogP contribution in [-0.4, -0.2) is 85.1 Å². The highest BCUT2D eigenvalue weighted by atomic mass is 79.9. The average molecular weight is 701 g/mol. The normalized spacial score (nSPS) is 14.3. The number of halogens is 1. The molecule has 244 valence electrons. The molecule has 0 amide bonds. The first-order chi connectivity index (χ1) is 22.1. The second-order valence-electron chi connectivity index (χ2n) is 10.2. The Labute approximate surface area is 273 Å². The van der Waals surface area contributed by atoms with Gasteiger partial charge in [0.2, 0.25) is 0 Å². The molecule has 3 heterocycles. The average Bonchev–Trinajstić information content (AvgIpc) is 3.81. The lowest BCUT2D eigenvalue weighted by molar-refractivity contribution is -0.385. The molecule has 0 aliphatic carbocycles. The number of carbonyl (C=O) groups excluding carboxylic acids is 1. The van der Waals surface area contributed by atoms with E-state index in [4.69, 9.17) is 14.2 Å². The van der Waals surface area contributed by atoms with Crippen molar-refractivity contribution in [1.82, 2.24) is 24.5 Å². The van der Waals surface area contributed by atoms with E-state index in [1.807, 2.05) is 4.90 Å². The summed E-state index contributed by atoms with van der Waals surface area (Å²) in [4.78, 5) is 35.0. The van der Waals surface area contributed by atoms with Crippen LogP contribution in [0.1, 0.15) is 12.8 Å². The van der Waals surface area contributed by atoms with E-state index in [0.29, 0.717) is 47.7 Å². The molecule has 5 rings (SSSR count). The number of benzene rings is 2. The van der Waals surface area contributed by atoms with Gasteiger partial charge in [-0.05, 0) is 43.7 Å². The fourth-order valence-corrected chi connectivity index (χ4v) is 5.27. The number of ether oxygens (including phenoxy) is 3. The molecule has 0 bridgehead atoms. The van der Waals surface area contributed by atoms with Gasteiger partial charge < -0.3 is 14.2 Å². The van der Waals surface area contributed by atoms with E-state index in [0.717, 1.165) is 30.8 Å². The Morgan fingerprint density at radius 1 is 0.891 bits per heavy atom. The predicted octanol–water partition coefficient (Wildman–Crippen LogP) is 4.78. The lowest BCUT2D eigenvalue weighted by atomic mass is 10.1. The molecule has 15 nitrogen and oxygen atoms in total. The van der Waals surface area contributed by atoms with E-state index in [1.54, 1.807) is 60.1 Å². The maximum absolute atomic E-state index is 11.8. The van der Waals surface area contributed by atoms with Gasteiger partial charge in [-0.1, -0.05) is 15.9 Å². The number of non-ortho nitro benzene ring substituents is 2. The molecule has 2 aromatic carbocycles. The predicted molar refractivity (Wildman–Crippen MR) is 172 cm³/mol. The first-order valence-corrected chi connectivity index (χ1v) is 15.4. The quantitative estimate of drug-likeness (QED) is 0.0863. The number of methoxy groups -OCH3 is 1. The third-order valence-corrected chi connectivity index (χ3v) is 7.67. The number of carbonyl (C=O) groups is 1. The second kappa shape index (κ2) is 15.9. The number of nitro groups is 2. The molecule has 1 unspecified atom stereocenters. The summed E-state index contributed by atoms with van der Waals surface area (Å²) in [5.74, 6) is 0.921. The number of esters is 1. The van der Waals surface area contributed by atoms with E-state index in [9.17, 15) is 25.0 Å². The molecule has 46 heavy (non-hydrogen) atoms. The lowest BCUT2D eigenvalue weighted by Crippen LogP contribution is -2.39. The Morgan fingerprint density at radius 2 is 1.41 bits per heavy atom. The minimum Gasteiger partial charge on any atom is -0.492 e. The number of aryl methyl sites for hydroxylation is 2. The number of hydrogen-bond acceptors (Lipinski definition) is 11. The van der Waals surface area contributed by atoms with E-state index in [1.165, 1.54) is 31.4 Å². The SMILES string of the molecule is COC(=O)C1CCCN1CCOc1ccc([N+](=O)[O-])cc1-c1ccnn1C.Cn1nccc1-c1cc([N+](=O)[O-])ccc1OCCBr. The van der Waals surface area contributed by atoms with Crippen molar-refractivity contribution in [3.63, 3.8) is 0 Å². The summed E-state index contributed by atoms with van der Waals surface area (Å²) in [6.07, 6.45) is 4.99. The molecule has 1 aliphatic heterocycles. The smallest absolute Gasteiger partial charge is 0.323 e. The molecule has 0 radical (unpaired) electrons. The van der Waals surface area contributed by atoms with Gasteiger partial charge in [-0.15, -0.1) is 0 Å². The van der Waals surface area contributed by atoms with Crippen molar-refractivity contribution in [3.05, 3.63) is 81.2 Å². The summed E-state index contributed by atoms with van der Waals surface area (Å²) in [6, 6.07) is 12.4. The van der Waals surface area contributed by atoms with Crippen LogP contribution in [0, 0.1) is 20.2 Å². The van der Waals surface area contributed by atoms with Gasteiger partial charge >= 0.3 is 5.97 Å². The van der Waals surface area contributed by atoms with Crippen molar-refractivity contribution >= 4 is 33.3 Å². The number of hydrogen-bond donors (Lipinski definition) is 0. The van der Waals surface area contributed by atoms with E-state index in [2.05, 4.69) is 26.1 Å². The molecule has 0 saturated carbocycles.